The molecule has 8 heteroatoms. The number of carbonyl (C=O) groups is 2. The molecule has 120 valence electrons. The number of aryl methyl sites for hydroxylation is 2. The molecular formula is C15H16N4O3S. The lowest BCUT2D eigenvalue weighted by atomic mass is 10.1. The zero-order valence-corrected chi connectivity index (χ0v) is 13.3. The number of rotatable bonds is 6. The lowest BCUT2D eigenvalue weighted by Gasteiger charge is -2.00. The summed E-state index contributed by atoms with van der Waals surface area (Å²) >= 11 is 1.47. The van der Waals surface area contributed by atoms with Crippen LogP contribution in [0, 0.1) is 0 Å². The van der Waals surface area contributed by atoms with Gasteiger partial charge >= 0.3 is 6.09 Å². The van der Waals surface area contributed by atoms with Gasteiger partial charge in [-0.1, -0.05) is 12.1 Å². The zero-order valence-electron chi connectivity index (χ0n) is 12.4. The molecule has 23 heavy (non-hydrogen) atoms. The Bertz CT molecular complexity index is 710. The first-order valence-electron chi connectivity index (χ1n) is 6.86. The summed E-state index contributed by atoms with van der Waals surface area (Å²) in [5.41, 5.74) is 1.82. The van der Waals surface area contributed by atoms with E-state index in [1.165, 1.54) is 18.3 Å². The van der Waals surface area contributed by atoms with Crippen LogP contribution < -0.4 is 10.6 Å². The van der Waals surface area contributed by atoms with E-state index in [-0.39, 0.29) is 5.91 Å². The van der Waals surface area contributed by atoms with Crippen LogP contribution in [0.3, 0.4) is 0 Å². The number of hydrogen-bond acceptors (Lipinski definition) is 5. The van der Waals surface area contributed by atoms with E-state index in [0.717, 1.165) is 29.6 Å². The van der Waals surface area contributed by atoms with E-state index in [9.17, 15) is 9.59 Å². The number of thiazole rings is 1. The molecule has 0 aliphatic rings. The van der Waals surface area contributed by atoms with Gasteiger partial charge in [-0.2, -0.15) is 0 Å². The summed E-state index contributed by atoms with van der Waals surface area (Å²) in [5, 5.41) is 13.8. The van der Waals surface area contributed by atoms with E-state index in [4.69, 9.17) is 5.11 Å². The third-order valence-electron chi connectivity index (χ3n) is 2.83. The molecule has 0 bridgehead atoms. The Morgan fingerprint density at radius 1 is 1.30 bits per heavy atom. The molecule has 0 spiro atoms. The standard InChI is InChI=1S/C15H16N4O3S/c1-10(20)19-14-16-8-13(23-14)7-4-11-2-5-12(6-3-11)17-9-18-15(21)22/h2-3,5-6,8-9H,4,7H2,1H3,(H,17,18)(H,21,22)(H,16,19,20). The smallest absolute Gasteiger partial charge is 0.409 e. The third-order valence-corrected chi connectivity index (χ3v) is 3.81. The summed E-state index contributed by atoms with van der Waals surface area (Å²) < 4.78 is 0. The third kappa shape index (κ3) is 5.87. The predicted molar refractivity (Wildman–Crippen MR) is 89.6 cm³/mol. The van der Waals surface area contributed by atoms with Crippen LogP contribution in [0.1, 0.15) is 17.4 Å². The summed E-state index contributed by atoms with van der Waals surface area (Å²) in [4.78, 5) is 30.5. The Balaban J connectivity index is 1.86. The zero-order chi connectivity index (χ0) is 16.7. The Morgan fingerprint density at radius 2 is 2.04 bits per heavy atom. The Morgan fingerprint density at radius 3 is 2.70 bits per heavy atom. The second kappa shape index (κ2) is 8.04. The van der Waals surface area contributed by atoms with Crippen molar-refractivity contribution in [2.75, 3.05) is 5.32 Å². The van der Waals surface area contributed by atoms with Crippen LogP contribution in [0.15, 0.2) is 35.5 Å². The molecule has 1 aromatic heterocycles. The molecule has 0 aliphatic heterocycles. The van der Waals surface area contributed by atoms with Gasteiger partial charge in [0.05, 0.1) is 12.0 Å². The molecule has 7 nitrogen and oxygen atoms in total. The van der Waals surface area contributed by atoms with Gasteiger partial charge in [-0.25, -0.2) is 14.8 Å². The van der Waals surface area contributed by atoms with E-state index >= 15 is 0 Å². The van der Waals surface area contributed by atoms with Crippen molar-refractivity contribution < 1.29 is 14.7 Å². The number of aromatic nitrogens is 1. The SMILES string of the molecule is CC(=O)Nc1ncc(CCc2ccc(N=CNC(=O)O)cc2)s1. The number of benzene rings is 1. The van der Waals surface area contributed by atoms with Gasteiger partial charge in [0.2, 0.25) is 5.91 Å². The van der Waals surface area contributed by atoms with Crippen molar-refractivity contribution in [1.82, 2.24) is 10.3 Å². The van der Waals surface area contributed by atoms with Crippen LogP contribution >= 0.6 is 11.3 Å². The first-order chi connectivity index (χ1) is 11.0. The van der Waals surface area contributed by atoms with E-state index in [1.54, 1.807) is 6.20 Å². The maximum absolute atomic E-state index is 11.0. The molecule has 1 heterocycles. The molecule has 0 saturated carbocycles. The second-order valence-electron chi connectivity index (χ2n) is 4.69. The number of nitrogens with one attached hydrogen (secondary N) is 2. The second-order valence-corrected chi connectivity index (χ2v) is 5.80. The van der Waals surface area contributed by atoms with Gasteiger partial charge < -0.3 is 10.4 Å². The number of aliphatic imine (C=N–C) groups is 1. The molecule has 3 N–H and O–H groups in total. The van der Waals surface area contributed by atoms with Crippen LogP contribution in [0.4, 0.5) is 15.6 Å². The molecule has 2 aromatic rings. The first-order valence-corrected chi connectivity index (χ1v) is 7.68. The molecule has 0 saturated heterocycles. The number of nitrogens with zero attached hydrogens (tertiary/aromatic N) is 2. The molecule has 0 radical (unpaired) electrons. The number of anilines is 1. The monoisotopic (exact) mass is 332 g/mol. The van der Waals surface area contributed by atoms with Crippen molar-refractivity contribution >= 4 is 40.5 Å². The van der Waals surface area contributed by atoms with Crippen LogP contribution in [0.25, 0.3) is 0 Å². The summed E-state index contributed by atoms with van der Waals surface area (Å²) in [6.07, 6.45) is 3.44. The minimum atomic E-state index is -1.14. The topological polar surface area (TPSA) is 104 Å². The number of carbonyl (C=O) groups excluding carboxylic acids is 1. The maximum atomic E-state index is 11.0. The lowest BCUT2D eigenvalue weighted by molar-refractivity contribution is -0.114. The molecule has 0 atom stereocenters. The van der Waals surface area contributed by atoms with Crippen molar-refractivity contribution in [3.63, 3.8) is 0 Å². The van der Waals surface area contributed by atoms with Crippen molar-refractivity contribution in [1.29, 1.82) is 0 Å². The summed E-state index contributed by atoms with van der Waals surface area (Å²) in [7, 11) is 0. The molecule has 2 rings (SSSR count). The number of amides is 2. The average molecular weight is 332 g/mol. The van der Waals surface area contributed by atoms with Crippen LogP contribution in [0.2, 0.25) is 0 Å². The summed E-state index contributed by atoms with van der Waals surface area (Å²) in [6, 6.07) is 7.54. The van der Waals surface area contributed by atoms with Gasteiger partial charge in [0.15, 0.2) is 5.13 Å². The van der Waals surface area contributed by atoms with Crippen molar-refractivity contribution in [2.24, 2.45) is 4.99 Å². The molecule has 1 aromatic carbocycles. The van der Waals surface area contributed by atoms with E-state index in [2.05, 4.69) is 20.6 Å². The fourth-order valence-electron chi connectivity index (χ4n) is 1.81. The summed E-state index contributed by atoms with van der Waals surface area (Å²) in [6.45, 7) is 1.46. The van der Waals surface area contributed by atoms with Crippen LogP contribution in [-0.4, -0.2) is 28.4 Å². The molecule has 0 fully saturated rings. The maximum Gasteiger partial charge on any atom is 0.409 e. The van der Waals surface area contributed by atoms with Gasteiger partial charge in [0, 0.05) is 18.0 Å². The predicted octanol–water partition coefficient (Wildman–Crippen LogP) is 2.81. The van der Waals surface area contributed by atoms with Gasteiger partial charge in [0.25, 0.3) is 0 Å². The van der Waals surface area contributed by atoms with E-state index < -0.39 is 6.09 Å². The van der Waals surface area contributed by atoms with Crippen molar-refractivity contribution in [3.8, 4) is 0 Å². The van der Waals surface area contributed by atoms with Crippen LogP contribution in [0.5, 0.6) is 0 Å². The van der Waals surface area contributed by atoms with E-state index in [1.807, 2.05) is 24.3 Å². The minimum Gasteiger partial charge on any atom is -0.465 e. The lowest BCUT2D eigenvalue weighted by Crippen LogP contribution is -2.17. The highest BCUT2D eigenvalue weighted by Gasteiger charge is 2.04. The molecule has 0 aliphatic carbocycles. The highest BCUT2D eigenvalue weighted by Crippen LogP contribution is 2.20. The van der Waals surface area contributed by atoms with Crippen LogP contribution in [-0.2, 0) is 17.6 Å². The van der Waals surface area contributed by atoms with Gasteiger partial charge in [-0.15, -0.1) is 11.3 Å². The normalized spacial score (nSPS) is 10.7. The van der Waals surface area contributed by atoms with Gasteiger partial charge in [-0.05, 0) is 30.5 Å². The van der Waals surface area contributed by atoms with Gasteiger partial charge in [0.1, 0.15) is 0 Å². The quantitative estimate of drug-likeness (QED) is 0.559. The molecular weight excluding hydrogens is 316 g/mol. The first kappa shape index (κ1) is 16.6. The Labute approximate surface area is 137 Å². The number of carboxylic acid groups (broad SMARTS) is 1. The van der Waals surface area contributed by atoms with Crippen molar-refractivity contribution in [2.45, 2.75) is 19.8 Å². The largest absolute Gasteiger partial charge is 0.465 e. The average Bonchev–Trinajstić information content (AvgIpc) is 2.93. The Hall–Kier alpha value is -2.74. The Kier molecular flexibility index (Phi) is 5.81. The van der Waals surface area contributed by atoms with Crippen molar-refractivity contribution in [3.05, 3.63) is 40.9 Å². The van der Waals surface area contributed by atoms with E-state index in [0.29, 0.717) is 10.8 Å². The molecule has 0 unspecified atom stereocenters. The fourth-order valence-corrected chi connectivity index (χ4v) is 2.67. The minimum absolute atomic E-state index is 0.126. The fraction of sp³-hybridized carbons (Fsp3) is 0.200. The summed E-state index contributed by atoms with van der Waals surface area (Å²) in [5.74, 6) is -0.126. The highest BCUT2D eigenvalue weighted by atomic mass is 32.1. The molecule has 2 amide bonds. The van der Waals surface area contributed by atoms with Gasteiger partial charge in [-0.3, -0.25) is 10.1 Å². The number of hydrogen-bond donors (Lipinski definition) is 3. The highest BCUT2D eigenvalue weighted by molar-refractivity contribution is 7.15.